The van der Waals surface area contributed by atoms with Crippen LogP contribution in [0.4, 0.5) is 4.39 Å². The predicted molar refractivity (Wildman–Crippen MR) is 82.0 cm³/mol. The second-order valence-electron chi connectivity index (χ2n) is 5.77. The lowest BCUT2D eigenvalue weighted by molar-refractivity contribution is 0.0143. The number of nitrogens with two attached hydrogens (primary N) is 1. The van der Waals surface area contributed by atoms with Gasteiger partial charge in [-0.1, -0.05) is 25.1 Å². The molecule has 0 heterocycles. The molecule has 5 heteroatoms. The van der Waals surface area contributed by atoms with Crippen LogP contribution in [0, 0.1) is 5.82 Å². The topological polar surface area (TPSA) is 49.5 Å². The summed E-state index contributed by atoms with van der Waals surface area (Å²) in [7, 11) is 1.89. The van der Waals surface area contributed by atoms with E-state index in [1.54, 1.807) is 12.1 Å². The summed E-state index contributed by atoms with van der Waals surface area (Å²) in [4.78, 5) is 2.22. The number of benzene rings is 1. The van der Waals surface area contributed by atoms with E-state index in [4.69, 9.17) is 18.0 Å². The lowest BCUT2D eigenvalue weighted by Gasteiger charge is -2.28. The first-order valence-corrected chi connectivity index (χ1v) is 7.30. The van der Waals surface area contributed by atoms with Crippen molar-refractivity contribution >= 4 is 17.2 Å². The average Bonchev–Trinajstić information content (AvgIpc) is 2.78. The first-order chi connectivity index (χ1) is 9.39. The van der Waals surface area contributed by atoms with Crippen molar-refractivity contribution in [2.45, 2.75) is 37.8 Å². The smallest absolute Gasteiger partial charge is 0.127 e. The molecule has 0 atom stereocenters. The van der Waals surface area contributed by atoms with E-state index in [1.165, 1.54) is 6.07 Å². The van der Waals surface area contributed by atoms with Crippen LogP contribution in [0.1, 0.15) is 36.8 Å². The molecule has 0 bridgehead atoms. The van der Waals surface area contributed by atoms with Crippen LogP contribution in [0.3, 0.4) is 0 Å². The Hall–Kier alpha value is -1.04. The molecule has 1 saturated carbocycles. The van der Waals surface area contributed by atoms with Gasteiger partial charge in [0.1, 0.15) is 10.8 Å². The lowest BCUT2D eigenvalue weighted by atomic mass is 10.0. The van der Waals surface area contributed by atoms with Gasteiger partial charge in [0.15, 0.2) is 0 Å². The summed E-state index contributed by atoms with van der Waals surface area (Å²) in [5.41, 5.74) is 6.18. The molecule has 1 aromatic rings. The fraction of sp³-hybridized carbons (Fsp3) is 0.533. The van der Waals surface area contributed by atoms with Crippen LogP contribution in [0.15, 0.2) is 18.2 Å². The van der Waals surface area contributed by atoms with Gasteiger partial charge in [-0.3, -0.25) is 4.90 Å². The number of hydrogen-bond acceptors (Lipinski definition) is 3. The van der Waals surface area contributed by atoms with Gasteiger partial charge < -0.3 is 10.8 Å². The first-order valence-electron chi connectivity index (χ1n) is 6.89. The zero-order valence-electron chi connectivity index (χ0n) is 11.7. The van der Waals surface area contributed by atoms with Gasteiger partial charge in [-0.2, -0.15) is 0 Å². The van der Waals surface area contributed by atoms with E-state index >= 15 is 0 Å². The van der Waals surface area contributed by atoms with E-state index in [9.17, 15) is 9.50 Å². The minimum atomic E-state index is -0.619. The number of likely N-dealkylation sites (N-methyl/N-ethyl adjacent to an activating group) is 1. The molecule has 0 aromatic heterocycles. The highest BCUT2D eigenvalue weighted by Crippen LogP contribution is 2.30. The molecule has 1 aliphatic rings. The Bertz CT molecular complexity index is 501. The van der Waals surface area contributed by atoms with Crippen molar-refractivity contribution in [3.8, 4) is 0 Å². The van der Waals surface area contributed by atoms with Crippen LogP contribution in [0.2, 0.25) is 0 Å². The maximum Gasteiger partial charge on any atom is 0.127 e. The van der Waals surface area contributed by atoms with E-state index in [0.29, 0.717) is 24.2 Å². The van der Waals surface area contributed by atoms with Crippen molar-refractivity contribution in [2.75, 3.05) is 13.6 Å². The molecule has 110 valence electrons. The SMILES string of the molecule is CN(Cc1cc(C(N)=S)ccc1F)CC1(O)CCCC1. The van der Waals surface area contributed by atoms with Crippen LogP contribution in [0.25, 0.3) is 0 Å². The van der Waals surface area contributed by atoms with Crippen LogP contribution in [-0.2, 0) is 6.54 Å². The van der Waals surface area contributed by atoms with E-state index in [0.717, 1.165) is 25.7 Å². The van der Waals surface area contributed by atoms with E-state index < -0.39 is 5.60 Å². The van der Waals surface area contributed by atoms with Crippen molar-refractivity contribution in [1.82, 2.24) is 4.90 Å². The quantitative estimate of drug-likeness (QED) is 0.818. The summed E-state index contributed by atoms with van der Waals surface area (Å²) in [6.07, 6.45) is 3.78. The van der Waals surface area contributed by atoms with Gasteiger partial charge in [0, 0.05) is 24.2 Å². The predicted octanol–water partition coefficient (Wildman–Crippen LogP) is 2.20. The number of nitrogens with zero attached hydrogens (tertiary/aromatic N) is 1. The molecule has 0 radical (unpaired) electrons. The third-order valence-corrected chi connectivity index (χ3v) is 4.10. The fourth-order valence-electron chi connectivity index (χ4n) is 2.89. The molecule has 0 amide bonds. The summed E-state index contributed by atoms with van der Waals surface area (Å²) in [5.74, 6) is -0.268. The Morgan fingerprint density at radius 3 is 2.70 bits per heavy atom. The van der Waals surface area contributed by atoms with Crippen LogP contribution >= 0.6 is 12.2 Å². The third-order valence-electron chi connectivity index (χ3n) is 3.87. The highest BCUT2D eigenvalue weighted by molar-refractivity contribution is 7.80. The van der Waals surface area contributed by atoms with Crippen molar-refractivity contribution in [3.05, 3.63) is 35.1 Å². The Morgan fingerprint density at radius 2 is 2.10 bits per heavy atom. The number of halogens is 1. The molecule has 1 aromatic carbocycles. The van der Waals surface area contributed by atoms with E-state index in [-0.39, 0.29) is 10.8 Å². The Morgan fingerprint density at radius 1 is 1.45 bits per heavy atom. The molecule has 20 heavy (non-hydrogen) atoms. The molecular weight excluding hydrogens is 275 g/mol. The Labute approximate surface area is 124 Å². The van der Waals surface area contributed by atoms with Crippen LogP contribution < -0.4 is 5.73 Å². The first kappa shape index (κ1) is 15.4. The molecule has 1 aliphatic carbocycles. The van der Waals surface area contributed by atoms with Gasteiger partial charge in [-0.25, -0.2) is 4.39 Å². The monoisotopic (exact) mass is 296 g/mol. The maximum absolute atomic E-state index is 13.8. The van der Waals surface area contributed by atoms with Crippen LogP contribution in [0.5, 0.6) is 0 Å². The zero-order chi connectivity index (χ0) is 14.8. The number of rotatable bonds is 5. The van der Waals surface area contributed by atoms with Gasteiger partial charge in [-0.05, 0) is 38.1 Å². The van der Waals surface area contributed by atoms with Crippen LogP contribution in [-0.4, -0.2) is 34.2 Å². The Balaban J connectivity index is 2.05. The second-order valence-corrected chi connectivity index (χ2v) is 6.21. The van der Waals surface area contributed by atoms with Gasteiger partial charge in [0.2, 0.25) is 0 Å². The minimum absolute atomic E-state index is 0.267. The highest BCUT2D eigenvalue weighted by atomic mass is 32.1. The summed E-state index contributed by atoms with van der Waals surface area (Å²) < 4.78 is 13.8. The van der Waals surface area contributed by atoms with Gasteiger partial charge in [-0.15, -0.1) is 0 Å². The summed E-state index contributed by atoms with van der Waals surface area (Å²) in [6.45, 7) is 0.994. The zero-order valence-corrected chi connectivity index (χ0v) is 12.5. The minimum Gasteiger partial charge on any atom is -0.389 e. The molecule has 0 aliphatic heterocycles. The van der Waals surface area contributed by atoms with Crippen molar-refractivity contribution in [1.29, 1.82) is 0 Å². The molecular formula is C15H21FN2OS. The molecule has 0 unspecified atom stereocenters. The number of hydrogen-bond donors (Lipinski definition) is 2. The number of thiocarbonyl (C=S) groups is 1. The fourth-order valence-corrected chi connectivity index (χ4v) is 3.02. The second kappa shape index (κ2) is 6.16. The van der Waals surface area contributed by atoms with E-state index in [1.807, 2.05) is 11.9 Å². The van der Waals surface area contributed by atoms with E-state index in [2.05, 4.69) is 0 Å². The normalized spacial score (nSPS) is 17.6. The Kier molecular flexibility index (Phi) is 4.73. The number of aliphatic hydroxyl groups is 1. The van der Waals surface area contributed by atoms with Crippen molar-refractivity contribution in [2.24, 2.45) is 5.73 Å². The standard InChI is InChI=1S/C15H21FN2OS/c1-18(10-15(19)6-2-3-7-15)9-12-8-11(14(17)20)4-5-13(12)16/h4-5,8,19H,2-3,6-7,9-10H2,1H3,(H2,17,20). The van der Waals surface area contributed by atoms with Crippen molar-refractivity contribution in [3.63, 3.8) is 0 Å². The molecule has 3 N–H and O–H groups in total. The van der Waals surface area contributed by atoms with Gasteiger partial charge in [0.05, 0.1) is 5.60 Å². The third kappa shape index (κ3) is 3.75. The lowest BCUT2D eigenvalue weighted by Crippen LogP contribution is -2.38. The largest absolute Gasteiger partial charge is 0.389 e. The summed E-state index contributed by atoms with van der Waals surface area (Å²) in [5, 5.41) is 10.4. The molecule has 0 saturated heterocycles. The van der Waals surface area contributed by atoms with Crippen molar-refractivity contribution < 1.29 is 9.50 Å². The van der Waals surface area contributed by atoms with Gasteiger partial charge in [0.25, 0.3) is 0 Å². The highest BCUT2D eigenvalue weighted by Gasteiger charge is 2.32. The maximum atomic E-state index is 13.8. The average molecular weight is 296 g/mol. The summed E-state index contributed by atoms with van der Waals surface area (Å²) >= 11 is 4.91. The molecule has 3 nitrogen and oxygen atoms in total. The summed E-state index contributed by atoms with van der Waals surface area (Å²) in [6, 6.07) is 4.67. The molecule has 1 fully saturated rings. The molecule has 2 rings (SSSR count). The molecule has 0 spiro atoms. The van der Waals surface area contributed by atoms with Gasteiger partial charge >= 0.3 is 0 Å².